The van der Waals surface area contributed by atoms with E-state index in [1.807, 2.05) is 24.3 Å². The van der Waals surface area contributed by atoms with E-state index in [9.17, 15) is 4.39 Å². The Morgan fingerprint density at radius 2 is 1.89 bits per heavy atom. The molecule has 0 unspecified atom stereocenters. The van der Waals surface area contributed by atoms with Crippen molar-refractivity contribution in [2.24, 2.45) is 5.92 Å². The molecule has 1 aliphatic carbocycles. The Labute approximate surface area is 158 Å². The second-order valence-corrected chi connectivity index (χ2v) is 7.25. The average Bonchev–Trinajstić information content (AvgIpc) is 3.12. The van der Waals surface area contributed by atoms with Gasteiger partial charge in [0.15, 0.2) is 5.58 Å². The minimum atomic E-state index is -0.328. The lowest BCUT2D eigenvalue weighted by atomic mass is 9.89. The molecule has 0 spiro atoms. The highest BCUT2D eigenvalue weighted by atomic mass is 19.1. The molecule has 1 aromatic heterocycles. The van der Waals surface area contributed by atoms with E-state index in [0.29, 0.717) is 17.9 Å². The van der Waals surface area contributed by atoms with Crippen molar-refractivity contribution >= 4 is 11.0 Å². The Kier molecular flexibility index (Phi) is 5.68. The lowest BCUT2D eigenvalue weighted by Crippen LogP contribution is -2.28. The Balaban J connectivity index is 1.28. The van der Waals surface area contributed by atoms with Crippen molar-refractivity contribution in [3.05, 3.63) is 48.3 Å². The van der Waals surface area contributed by atoms with Crippen LogP contribution in [0.2, 0.25) is 0 Å². The van der Waals surface area contributed by atoms with Crippen molar-refractivity contribution in [3.8, 4) is 17.0 Å². The molecular formula is C22H25FN2O2. The van der Waals surface area contributed by atoms with Gasteiger partial charge in [-0.2, -0.15) is 0 Å². The zero-order valence-electron chi connectivity index (χ0n) is 15.4. The van der Waals surface area contributed by atoms with Crippen LogP contribution < -0.4 is 10.1 Å². The van der Waals surface area contributed by atoms with E-state index in [0.717, 1.165) is 35.7 Å². The minimum absolute atomic E-state index is 0.328. The van der Waals surface area contributed by atoms with Gasteiger partial charge in [-0.05, 0) is 61.7 Å². The first-order valence-corrected chi connectivity index (χ1v) is 9.78. The van der Waals surface area contributed by atoms with Crippen molar-refractivity contribution < 1.29 is 13.7 Å². The topological polar surface area (TPSA) is 47.3 Å². The van der Waals surface area contributed by atoms with E-state index in [2.05, 4.69) is 10.5 Å². The van der Waals surface area contributed by atoms with Gasteiger partial charge in [-0.15, -0.1) is 0 Å². The van der Waals surface area contributed by atoms with Gasteiger partial charge < -0.3 is 14.6 Å². The van der Waals surface area contributed by atoms with Crippen molar-refractivity contribution in [3.63, 3.8) is 0 Å². The molecule has 1 N–H and O–H groups in total. The second kappa shape index (κ2) is 8.53. The highest BCUT2D eigenvalue weighted by molar-refractivity contribution is 5.91. The molecule has 0 bridgehead atoms. The number of ether oxygens (including phenoxy) is 1. The number of rotatable bonds is 7. The van der Waals surface area contributed by atoms with E-state index in [1.54, 1.807) is 6.07 Å². The maximum atomic E-state index is 13.3. The molecule has 4 nitrogen and oxygen atoms in total. The van der Waals surface area contributed by atoms with Crippen LogP contribution in [0.3, 0.4) is 0 Å². The first-order chi connectivity index (χ1) is 13.3. The molecule has 1 fully saturated rings. The maximum Gasteiger partial charge on any atom is 0.170 e. The summed E-state index contributed by atoms with van der Waals surface area (Å²) in [6.07, 6.45) is 6.88. The van der Waals surface area contributed by atoms with E-state index < -0.39 is 0 Å². The number of nitrogens with one attached hydrogen (secondary N) is 1. The molecule has 0 radical (unpaired) electrons. The second-order valence-electron chi connectivity index (χ2n) is 7.25. The molecule has 5 heteroatoms. The molecular weight excluding hydrogens is 343 g/mol. The Morgan fingerprint density at radius 3 is 2.70 bits per heavy atom. The largest absolute Gasteiger partial charge is 0.492 e. The van der Waals surface area contributed by atoms with Gasteiger partial charge in [0.05, 0.1) is 0 Å². The zero-order chi connectivity index (χ0) is 18.5. The molecule has 3 aromatic rings. The monoisotopic (exact) mass is 368 g/mol. The number of hydrogen-bond acceptors (Lipinski definition) is 4. The number of fused-ring (bicyclic) bond motifs is 1. The fraction of sp³-hybridized carbons (Fsp3) is 0.409. The zero-order valence-corrected chi connectivity index (χ0v) is 15.4. The molecule has 1 aliphatic rings. The average molecular weight is 368 g/mol. The highest BCUT2D eigenvalue weighted by Gasteiger charge is 2.13. The van der Waals surface area contributed by atoms with E-state index in [-0.39, 0.29) is 5.82 Å². The standard InChI is InChI=1S/C22H25FN2O2/c23-18-8-11-20-21(14-18)27-25-22(20)17-6-9-19(10-7-17)26-13-12-24-15-16-4-2-1-3-5-16/h6-11,14,16,24H,1-5,12-13,15H2. The van der Waals surface area contributed by atoms with E-state index in [4.69, 9.17) is 9.26 Å². The van der Waals surface area contributed by atoms with Gasteiger partial charge in [0, 0.05) is 23.6 Å². The molecule has 2 aromatic carbocycles. The third-order valence-electron chi connectivity index (χ3n) is 5.27. The summed E-state index contributed by atoms with van der Waals surface area (Å²) in [6.45, 7) is 2.61. The van der Waals surface area contributed by atoms with Crippen LogP contribution in [0.4, 0.5) is 4.39 Å². The van der Waals surface area contributed by atoms with Crippen LogP contribution in [0.5, 0.6) is 5.75 Å². The molecule has 142 valence electrons. The molecule has 1 heterocycles. The Bertz CT molecular complexity index is 870. The van der Waals surface area contributed by atoms with Crippen molar-refractivity contribution in [2.45, 2.75) is 32.1 Å². The molecule has 0 aliphatic heterocycles. The first-order valence-electron chi connectivity index (χ1n) is 9.78. The normalized spacial score (nSPS) is 15.3. The third kappa shape index (κ3) is 4.48. The summed E-state index contributed by atoms with van der Waals surface area (Å²) in [4.78, 5) is 0. The number of halogens is 1. The number of benzene rings is 2. The van der Waals surface area contributed by atoms with Gasteiger partial charge in [-0.25, -0.2) is 4.39 Å². The summed E-state index contributed by atoms with van der Waals surface area (Å²) < 4.78 is 24.3. The molecule has 27 heavy (non-hydrogen) atoms. The molecule has 0 atom stereocenters. The molecule has 0 amide bonds. The van der Waals surface area contributed by atoms with Gasteiger partial charge >= 0.3 is 0 Å². The molecule has 0 saturated heterocycles. The predicted molar refractivity (Wildman–Crippen MR) is 104 cm³/mol. The first kappa shape index (κ1) is 18.0. The minimum Gasteiger partial charge on any atom is -0.492 e. The number of nitrogens with zero attached hydrogens (tertiary/aromatic N) is 1. The van der Waals surface area contributed by atoms with Gasteiger partial charge in [0.2, 0.25) is 0 Å². The molecule has 1 saturated carbocycles. The van der Waals surface area contributed by atoms with Gasteiger partial charge in [-0.3, -0.25) is 0 Å². The van der Waals surface area contributed by atoms with Crippen LogP contribution in [0.1, 0.15) is 32.1 Å². The van der Waals surface area contributed by atoms with Crippen molar-refractivity contribution in [2.75, 3.05) is 19.7 Å². The van der Waals surface area contributed by atoms with Crippen LogP contribution in [-0.2, 0) is 0 Å². The fourth-order valence-electron chi connectivity index (χ4n) is 3.77. The van der Waals surface area contributed by atoms with Gasteiger partial charge in [-0.1, -0.05) is 24.4 Å². The number of aromatic nitrogens is 1. The fourth-order valence-corrected chi connectivity index (χ4v) is 3.77. The van der Waals surface area contributed by atoms with Crippen molar-refractivity contribution in [1.82, 2.24) is 10.5 Å². The smallest absolute Gasteiger partial charge is 0.170 e. The summed E-state index contributed by atoms with van der Waals surface area (Å²) in [6, 6.07) is 12.2. The Morgan fingerprint density at radius 1 is 1.07 bits per heavy atom. The maximum absolute atomic E-state index is 13.3. The SMILES string of the molecule is Fc1ccc2c(-c3ccc(OCCNCC4CCCCC4)cc3)noc2c1. The van der Waals surface area contributed by atoms with Gasteiger partial charge in [0.1, 0.15) is 23.9 Å². The van der Waals surface area contributed by atoms with E-state index >= 15 is 0 Å². The van der Waals surface area contributed by atoms with Crippen LogP contribution in [-0.4, -0.2) is 24.9 Å². The predicted octanol–water partition coefficient (Wildman–Crippen LogP) is 5.18. The Hall–Kier alpha value is -2.40. The molecule has 4 rings (SSSR count). The summed E-state index contributed by atoms with van der Waals surface area (Å²) >= 11 is 0. The summed E-state index contributed by atoms with van der Waals surface area (Å²) in [5.41, 5.74) is 2.09. The van der Waals surface area contributed by atoms with Crippen LogP contribution in [0.15, 0.2) is 47.0 Å². The lowest BCUT2D eigenvalue weighted by molar-refractivity contribution is 0.294. The number of hydrogen-bond donors (Lipinski definition) is 1. The third-order valence-corrected chi connectivity index (χ3v) is 5.27. The van der Waals surface area contributed by atoms with Crippen molar-refractivity contribution in [1.29, 1.82) is 0 Å². The van der Waals surface area contributed by atoms with E-state index in [1.165, 1.54) is 44.2 Å². The summed E-state index contributed by atoms with van der Waals surface area (Å²) in [5.74, 6) is 1.34. The summed E-state index contributed by atoms with van der Waals surface area (Å²) in [5, 5.41) is 8.38. The quantitative estimate of drug-likeness (QED) is 0.584. The van der Waals surface area contributed by atoms with Gasteiger partial charge in [0.25, 0.3) is 0 Å². The van der Waals surface area contributed by atoms with Crippen LogP contribution in [0.25, 0.3) is 22.2 Å². The lowest BCUT2D eigenvalue weighted by Gasteiger charge is -2.21. The highest BCUT2D eigenvalue weighted by Crippen LogP contribution is 2.29. The summed E-state index contributed by atoms with van der Waals surface area (Å²) in [7, 11) is 0. The van der Waals surface area contributed by atoms with Crippen LogP contribution >= 0.6 is 0 Å². The van der Waals surface area contributed by atoms with Crippen LogP contribution in [0, 0.1) is 11.7 Å².